The molecule has 2 aliphatic heterocycles. The molecule has 2 aromatic rings. The Hall–Kier alpha value is -3.08. The second kappa shape index (κ2) is 8.74. The van der Waals surface area contributed by atoms with E-state index in [9.17, 15) is 14.7 Å². The van der Waals surface area contributed by atoms with Gasteiger partial charge in [-0.05, 0) is 48.6 Å². The Morgan fingerprint density at radius 1 is 1.13 bits per heavy atom. The predicted octanol–water partition coefficient (Wildman–Crippen LogP) is 4.62. The molecular weight excluding hydrogens is 378 g/mol. The lowest BCUT2D eigenvalue weighted by atomic mass is 9.94. The summed E-state index contributed by atoms with van der Waals surface area (Å²) in [5.41, 5.74) is 2.56. The number of ketones is 1. The zero-order valence-electron chi connectivity index (χ0n) is 17.3. The molecule has 0 saturated carbocycles. The Labute approximate surface area is 177 Å². The van der Waals surface area contributed by atoms with E-state index in [1.54, 1.807) is 11.0 Å². The van der Waals surface area contributed by atoms with Crippen molar-refractivity contribution >= 4 is 17.4 Å². The van der Waals surface area contributed by atoms with Gasteiger partial charge in [-0.3, -0.25) is 9.59 Å². The molecular formula is C25H27NO4. The first kappa shape index (κ1) is 20.2. The first-order valence-corrected chi connectivity index (χ1v) is 10.7. The van der Waals surface area contributed by atoms with Crippen molar-refractivity contribution in [1.82, 2.24) is 4.90 Å². The number of carbonyl (C=O) groups excluding carboxylic acids is 2. The van der Waals surface area contributed by atoms with Gasteiger partial charge in [0.25, 0.3) is 11.7 Å². The number of fused-ring (bicyclic) bond motifs is 1. The lowest BCUT2D eigenvalue weighted by molar-refractivity contribution is -0.139. The molecule has 4 rings (SSSR count). The smallest absolute Gasteiger partial charge is 0.295 e. The van der Waals surface area contributed by atoms with Gasteiger partial charge in [0, 0.05) is 12.1 Å². The van der Waals surface area contributed by atoms with E-state index < -0.39 is 17.7 Å². The summed E-state index contributed by atoms with van der Waals surface area (Å²) in [5.74, 6) is -0.458. The third kappa shape index (κ3) is 3.72. The third-order valence-corrected chi connectivity index (χ3v) is 5.84. The molecule has 5 heteroatoms. The minimum atomic E-state index is -0.619. The quantitative estimate of drug-likeness (QED) is 0.329. The standard InChI is InChI=1S/C25H27NO4/c1-2-3-7-14-26-22(17-9-5-4-6-10-17)21(24(28)25(26)29)23(27)19-12-13-20-18(16-19)11-8-15-30-20/h4-6,9-10,12-13,16,22,27H,2-3,7-8,11,14-15H2,1H3/b23-21-. The molecule has 0 aliphatic carbocycles. The highest BCUT2D eigenvalue weighted by molar-refractivity contribution is 6.46. The lowest BCUT2D eigenvalue weighted by Crippen LogP contribution is -2.30. The molecule has 1 atom stereocenters. The van der Waals surface area contributed by atoms with E-state index in [4.69, 9.17) is 4.74 Å². The van der Waals surface area contributed by atoms with Crippen LogP contribution in [0.15, 0.2) is 54.1 Å². The van der Waals surface area contributed by atoms with Crippen molar-refractivity contribution in [3.63, 3.8) is 0 Å². The van der Waals surface area contributed by atoms with Gasteiger partial charge in [0.2, 0.25) is 0 Å². The van der Waals surface area contributed by atoms with Crippen LogP contribution in [-0.2, 0) is 16.0 Å². The van der Waals surface area contributed by atoms with E-state index in [-0.39, 0.29) is 11.3 Å². The number of benzene rings is 2. The molecule has 0 radical (unpaired) electrons. The highest BCUT2D eigenvalue weighted by Crippen LogP contribution is 2.40. The number of ether oxygens (including phenoxy) is 1. The number of unbranched alkanes of at least 4 members (excludes halogenated alkanes) is 2. The zero-order chi connectivity index (χ0) is 21.1. The highest BCUT2D eigenvalue weighted by atomic mass is 16.5. The molecule has 30 heavy (non-hydrogen) atoms. The second-order valence-corrected chi connectivity index (χ2v) is 7.88. The van der Waals surface area contributed by atoms with Gasteiger partial charge >= 0.3 is 0 Å². The topological polar surface area (TPSA) is 66.8 Å². The van der Waals surface area contributed by atoms with Crippen LogP contribution >= 0.6 is 0 Å². The number of hydrogen-bond donors (Lipinski definition) is 1. The van der Waals surface area contributed by atoms with Crippen LogP contribution in [0.3, 0.4) is 0 Å². The highest BCUT2D eigenvalue weighted by Gasteiger charge is 2.45. The van der Waals surface area contributed by atoms with Crippen molar-refractivity contribution in [3.05, 3.63) is 70.8 Å². The zero-order valence-corrected chi connectivity index (χ0v) is 17.3. The summed E-state index contributed by atoms with van der Waals surface area (Å²) in [4.78, 5) is 27.5. The van der Waals surface area contributed by atoms with Crippen LogP contribution < -0.4 is 4.74 Å². The fraction of sp³-hybridized carbons (Fsp3) is 0.360. The minimum Gasteiger partial charge on any atom is -0.507 e. The van der Waals surface area contributed by atoms with Crippen molar-refractivity contribution in [1.29, 1.82) is 0 Å². The number of amides is 1. The van der Waals surface area contributed by atoms with Crippen LogP contribution in [-0.4, -0.2) is 34.8 Å². The van der Waals surface area contributed by atoms with Gasteiger partial charge < -0.3 is 14.7 Å². The fourth-order valence-electron chi connectivity index (χ4n) is 4.29. The first-order chi connectivity index (χ1) is 14.6. The SMILES string of the molecule is CCCCCN1C(=O)C(=O)/C(=C(\O)c2ccc3c(c2)CCCO3)C1c1ccccc1. The van der Waals surface area contributed by atoms with E-state index >= 15 is 0 Å². The summed E-state index contributed by atoms with van der Waals surface area (Å²) in [6, 6.07) is 14.4. The maximum absolute atomic E-state index is 13.0. The van der Waals surface area contributed by atoms with Crippen molar-refractivity contribution in [2.75, 3.05) is 13.2 Å². The first-order valence-electron chi connectivity index (χ1n) is 10.7. The van der Waals surface area contributed by atoms with Gasteiger partial charge in [-0.1, -0.05) is 50.1 Å². The molecule has 1 unspecified atom stereocenters. The van der Waals surface area contributed by atoms with Gasteiger partial charge in [0.05, 0.1) is 18.2 Å². The molecule has 1 amide bonds. The molecule has 1 N–H and O–H groups in total. The maximum atomic E-state index is 13.0. The normalized spacial score (nSPS) is 20.2. The summed E-state index contributed by atoms with van der Waals surface area (Å²) in [7, 11) is 0. The molecule has 5 nitrogen and oxygen atoms in total. The second-order valence-electron chi connectivity index (χ2n) is 7.88. The summed E-state index contributed by atoms with van der Waals surface area (Å²) in [5, 5.41) is 11.2. The molecule has 0 aromatic heterocycles. The monoisotopic (exact) mass is 405 g/mol. The Morgan fingerprint density at radius 3 is 2.70 bits per heavy atom. The molecule has 1 fully saturated rings. The number of nitrogens with zero attached hydrogens (tertiary/aromatic N) is 1. The van der Waals surface area contributed by atoms with Gasteiger partial charge in [-0.15, -0.1) is 0 Å². The number of likely N-dealkylation sites (tertiary alicyclic amines) is 1. The molecule has 2 aliphatic rings. The number of rotatable bonds is 6. The maximum Gasteiger partial charge on any atom is 0.295 e. The molecule has 2 heterocycles. The van der Waals surface area contributed by atoms with E-state index in [1.807, 2.05) is 42.5 Å². The fourth-order valence-corrected chi connectivity index (χ4v) is 4.29. The van der Waals surface area contributed by atoms with Crippen molar-refractivity contribution in [3.8, 4) is 5.75 Å². The Balaban J connectivity index is 1.79. The van der Waals surface area contributed by atoms with Crippen molar-refractivity contribution in [2.45, 2.75) is 45.1 Å². The van der Waals surface area contributed by atoms with E-state index in [0.717, 1.165) is 49.0 Å². The predicted molar refractivity (Wildman–Crippen MR) is 115 cm³/mol. The summed E-state index contributed by atoms with van der Waals surface area (Å²) >= 11 is 0. The third-order valence-electron chi connectivity index (χ3n) is 5.84. The Morgan fingerprint density at radius 2 is 1.93 bits per heavy atom. The number of carbonyl (C=O) groups is 2. The lowest BCUT2D eigenvalue weighted by Gasteiger charge is -2.25. The molecule has 156 valence electrons. The van der Waals surface area contributed by atoms with Gasteiger partial charge in [-0.25, -0.2) is 0 Å². The average Bonchev–Trinajstić information content (AvgIpc) is 3.04. The molecule has 1 saturated heterocycles. The van der Waals surface area contributed by atoms with E-state index in [0.29, 0.717) is 18.7 Å². The van der Waals surface area contributed by atoms with Crippen molar-refractivity contribution in [2.24, 2.45) is 0 Å². The minimum absolute atomic E-state index is 0.117. The van der Waals surface area contributed by atoms with Gasteiger partial charge in [-0.2, -0.15) is 0 Å². The molecule has 0 bridgehead atoms. The Kier molecular flexibility index (Phi) is 5.88. The Bertz CT molecular complexity index is 980. The summed E-state index contributed by atoms with van der Waals surface area (Å²) < 4.78 is 5.66. The summed E-state index contributed by atoms with van der Waals surface area (Å²) in [6.07, 6.45) is 4.61. The van der Waals surface area contributed by atoms with Crippen LogP contribution in [0.5, 0.6) is 5.75 Å². The van der Waals surface area contributed by atoms with Gasteiger partial charge in [0.1, 0.15) is 11.5 Å². The number of aliphatic hydroxyl groups excluding tert-OH is 1. The number of aryl methyl sites for hydroxylation is 1. The van der Waals surface area contributed by atoms with Crippen LogP contribution in [0.1, 0.15) is 55.3 Å². The average molecular weight is 405 g/mol. The number of aliphatic hydroxyl groups is 1. The largest absolute Gasteiger partial charge is 0.507 e. The molecule has 2 aromatic carbocycles. The number of Topliss-reactive ketones (excluding diaryl/α,β-unsaturated/α-hetero) is 1. The number of hydrogen-bond acceptors (Lipinski definition) is 4. The van der Waals surface area contributed by atoms with Crippen LogP contribution in [0.2, 0.25) is 0 Å². The van der Waals surface area contributed by atoms with Crippen molar-refractivity contribution < 1.29 is 19.4 Å². The summed E-state index contributed by atoms with van der Waals surface area (Å²) in [6.45, 7) is 3.28. The van der Waals surface area contributed by atoms with E-state index in [1.165, 1.54) is 0 Å². The van der Waals surface area contributed by atoms with E-state index in [2.05, 4.69) is 6.92 Å². The van der Waals surface area contributed by atoms with Crippen LogP contribution in [0, 0.1) is 0 Å². The molecule has 0 spiro atoms. The van der Waals surface area contributed by atoms with Crippen LogP contribution in [0.4, 0.5) is 0 Å². The van der Waals surface area contributed by atoms with Gasteiger partial charge in [0.15, 0.2) is 0 Å². The van der Waals surface area contributed by atoms with Crippen LogP contribution in [0.25, 0.3) is 5.76 Å².